The molecule has 2 aromatic rings. The van der Waals surface area contributed by atoms with Crippen molar-refractivity contribution in [3.8, 4) is 5.75 Å². The molecule has 2 saturated carbocycles. The molecule has 2 aromatic carbocycles. The highest BCUT2D eigenvalue weighted by molar-refractivity contribution is 6.31. The van der Waals surface area contributed by atoms with Gasteiger partial charge < -0.3 is 4.74 Å². The van der Waals surface area contributed by atoms with E-state index >= 15 is 0 Å². The van der Waals surface area contributed by atoms with Gasteiger partial charge in [0, 0.05) is 15.6 Å². The Hall–Kier alpha value is -2.63. The molecule has 0 N–H and O–H groups in total. The zero-order chi connectivity index (χ0) is 22.0. The Kier molecular flexibility index (Phi) is 4.67. The number of hydrogen-bond donors (Lipinski definition) is 0. The van der Waals surface area contributed by atoms with Gasteiger partial charge in [0.2, 0.25) is 0 Å². The minimum absolute atomic E-state index is 0.175. The monoisotopic (exact) mass is 466 g/mol. The minimum Gasteiger partial charge on any atom is -0.488 e. The van der Waals surface area contributed by atoms with Gasteiger partial charge >= 0.3 is 0 Å². The van der Waals surface area contributed by atoms with E-state index in [1.807, 2.05) is 18.2 Å². The third-order valence-electron chi connectivity index (χ3n) is 7.21. The van der Waals surface area contributed by atoms with Crippen molar-refractivity contribution in [3.63, 3.8) is 0 Å². The van der Waals surface area contributed by atoms with E-state index in [0.29, 0.717) is 39.8 Å². The SMILES string of the molecule is O=C1[C@@H]2[C@@H]3C=C[C@H]([C@@H]4C[C@H]34)[C@@H]2C(=O)N1/N=C\c1cc(Cl)ccc1OCc1cccc(Cl)c1. The number of ether oxygens (including phenoxy) is 1. The number of halogens is 2. The van der Waals surface area contributed by atoms with E-state index in [1.54, 1.807) is 24.3 Å². The molecule has 5 nitrogen and oxygen atoms in total. The Labute approximate surface area is 195 Å². The van der Waals surface area contributed by atoms with Gasteiger partial charge in [-0.1, -0.05) is 47.5 Å². The van der Waals surface area contributed by atoms with Crippen molar-refractivity contribution >= 4 is 41.2 Å². The first-order chi connectivity index (χ1) is 15.5. The summed E-state index contributed by atoms with van der Waals surface area (Å²) in [4.78, 5) is 26.2. The van der Waals surface area contributed by atoms with Crippen LogP contribution in [0, 0.1) is 35.5 Å². The lowest BCUT2D eigenvalue weighted by Crippen LogP contribution is -2.40. The Balaban J connectivity index is 1.23. The van der Waals surface area contributed by atoms with E-state index in [1.165, 1.54) is 6.21 Å². The second-order valence-electron chi connectivity index (χ2n) is 8.99. The molecule has 1 aliphatic heterocycles. The molecule has 32 heavy (non-hydrogen) atoms. The second-order valence-corrected chi connectivity index (χ2v) is 9.86. The number of amides is 2. The van der Waals surface area contributed by atoms with Crippen LogP contribution in [0.5, 0.6) is 5.75 Å². The van der Waals surface area contributed by atoms with Gasteiger partial charge in [-0.25, -0.2) is 0 Å². The Morgan fingerprint density at radius 3 is 2.34 bits per heavy atom. The molecule has 4 aliphatic carbocycles. The molecule has 1 saturated heterocycles. The zero-order valence-electron chi connectivity index (χ0n) is 17.0. The lowest BCUT2D eigenvalue weighted by molar-refractivity contribution is -0.140. The highest BCUT2D eigenvalue weighted by atomic mass is 35.5. The molecule has 0 unspecified atom stereocenters. The van der Waals surface area contributed by atoms with Crippen LogP contribution in [-0.4, -0.2) is 23.0 Å². The number of benzene rings is 2. The van der Waals surface area contributed by atoms with Gasteiger partial charge in [0.15, 0.2) is 0 Å². The molecule has 2 amide bonds. The maximum Gasteiger partial charge on any atom is 0.254 e. The van der Waals surface area contributed by atoms with Crippen LogP contribution in [0.1, 0.15) is 17.5 Å². The summed E-state index contributed by atoms with van der Waals surface area (Å²) < 4.78 is 5.95. The molecule has 5 aliphatic rings. The number of hydrogen-bond acceptors (Lipinski definition) is 4. The molecule has 0 radical (unpaired) electrons. The van der Waals surface area contributed by atoms with Gasteiger partial charge in [0.05, 0.1) is 18.1 Å². The van der Waals surface area contributed by atoms with Crippen molar-refractivity contribution in [3.05, 3.63) is 75.8 Å². The van der Waals surface area contributed by atoms with Crippen LogP contribution in [-0.2, 0) is 16.2 Å². The van der Waals surface area contributed by atoms with Crippen molar-refractivity contribution in [1.29, 1.82) is 0 Å². The molecule has 3 fully saturated rings. The maximum absolute atomic E-state index is 13.1. The van der Waals surface area contributed by atoms with Gasteiger partial charge in [0.25, 0.3) is 11.8 Å². The average Bonchev–Trinajstić information content (AvgIpc) is 3.56. The quantitative estimate of drug-likeness (QED) is 0.355. The van der Waals surface area contributed by atoms with E-state index in [4.69, 9.17) is 27.9 Å². The highest BCUT2D eigenvalue weighted by Crippen LogP contribution is 2.65. The number of hydrazone groups is 1. The molecular weight excluding hydrogens is 447 g/mol. The number of nitrogens with zero attached hydrogens (tertiary/aromatic N) is 2. The van der Waals surface area contributed by atoms with Gasteiger partial charge in [-0.15, -0.1) is 0 Å². The van der Waals surface area contributed by atoms with Gasteiger partial charge in [-0.05, 0) is 66.0 Å². The maximum atomic E-state index is 13.1. The van der Waals surface area contributed by atoms with E-state index in [9.17, 15) is 9.59 Å². The first kappa shape index (κ1) is 20.0. The molecule has 2 bridgehead atoms. The third kappa shape index (κ3) is 3.18. The van der Waals surface area contributed by atoms with Crippen molar-refractivity contribution in [2.75, 3.05) is 0 Å². The van der Waals surface area contributed by atoms with E-state index in [0.717, 1.165) is 17.0 Å². The lowest BCUT2D eigenvalue weighted by Gasteiger charge is -2.37. The van der Waals surface area contributed by atoms with Crippen LogP contribution in [0.3, 0.4) is 0 Å². The summed E-state index contributed by atoms with van der Waals surface area (Å²) in [6.07, 6.45) is 6.92. The summed E-state index contributed by atoms with van der Waals surface area (Å²) in [7, 11) is 0. The summed E-state index contributed by atoms with van der Waals surface area (Å²) in [6, 6.07) is 12.6. The topological polar surface area (TPSA) is 59.0 Å². The molecule has 7 heteroatoms. The van der Waals surface area contributed by atoms with Gasteiger partial charge in [-0.3, -0.25) is 9.59 Å². The zero-order valence-corrected chi connectivity index (χ0v) is 18.5. The molecule has 162 valence electrons. The van der Waals surface area contributed by atoms with E-state index in [-0.39, 0.29) is 35.5 Å². The fraction of sp³-hybridized carbons (Fsp3) is 0.320. The highest BCUT2D eigenvalue weighted by Gasteiger charge is 2.67. The summed E-state index contributed by atoms with van der Waals surface area (Å²) in [5, 5.41) is 6.52. The molecular formula is C25H20Cl2N2O3. The van der Waals surface area contributed by atoms with Crippen molar-refractivity contribution < 1.29 is 14.3 Å². The smallest absolute Gasteiger partial charge is 0.254 e. The average molecular weight is 467 g/mol. The van der Waals surface area contributed by atoms with Crippen LogP contribution in [0.25, 0.3) is 0 Å². The fourth-order valence-electron chi connectivity index (χ4n) is 5.71. The van der Waals surface area contributed by atoms with Gasteiger partial charge in [-0.2, -0.15) is 10.1 Å². The molecule has 6 atom stereocenters. The van der Waals surface area contributed by atoms with E-state index in [2.05, 4.69) is 17.3 Å². The number of allylic oxidation sites excluding steroid dienone is 2. The largest absolute Gasteiger partial charge is 0.488 e. The minimum atomic E-state index is -0.267. The number of rotatable bonds is 5. The standard InChI is InChI=1S/C25H20Cl2N2O3/c26-15-3-1-2-13(8-15)12-32-21-7-4-16(27)9-14(21)11-28-29-24(30)22-17-5-6-18(20-10-19(17)20)23(22)25(29)31/h1-9,11,17-20,22-23H,10,12H2/b28-11-/t17-,18-,19-,20+,22-,23+/m1/s1. The van der Waals surface area contributed by atoms with Gasteiger partial charge in [0.1, 0.15) is 12.4 Å². The Morgan fingerprint density at radius 2 is 1.66 bits per heavy atom. The van der Waals surface area contributed by atoms with Crippen LogP contribution in [0.2, 0.25) is 10.0 Å². The molecule has 0 aromatic heterocycles. The van der Waals surface area contributed by atoms with Crippen LogP contribution >= 0.6 is 23.2 Å². The number of imide groups is 1. The first-order valence-corrected chi connectivity index (χ1v) is 11.5. The van der Waals surface area contributed by atoms with Crippen LogP contribution < -0.4 is 4.74 Å². The predicted octanol–water partition coefficient (Wildman–Crippen LogP) is 4.96. The van der Waals surface area contributed by atoms with E-state index < -0.39 is 0 Å². The summed E-state index contributed by atoms with van der Waals surface area (Å²) in [5.41, 5.74) is 1.52. The van der Waals surface area contributed by atoms with Crippen LogP contribution in [0.15, 0.2) is 59.7 Å². The molecule has 0 spiro atoms. The van der Waals surface area contributed by atoms with Crippen molar-refractivity contribution in [1.82, 2.24) is 5.01 Å². The third-order valence-corrected chi connectivity index (χ3v) is 7.68. The summed E-state index contributed by atoms with van der Waals surface area (Å²) in [6.45, 7) is 0.312. The fourth-order valence-corrected chi connectivity index (χ4v) is 6.11. The summed E-state index contributed by atoms with van der Waals surface area (Å²) >= 11 is 12.2. The summed E-state index contributed by atoms with van der Waals surface area (Å²) in [5.74, 6) is 1.11. The number of carbonyl (C=O) groups excluding carboxylic acids is 2. The predicted molar refractivity (Wildman–Crippen MR) is 121 cm³/mol. The Bertz CT molecular complexity index is 1160. The number of carbonyl (C=O) groups is 2. The lowest BCUT2D eigenvalue weighted by atomic mass is 9.63. The normalized spacial score (nSPS) is 31.9. The molecule has 1 heterocycles. The van der Waals surface area contributed by atoms with Crippen molar-refractivity contribution in [2.24, 2.45) is 40.6 Å². The van der Waals surface area contributed by atoms with Crippen molar-refractivity contribution in [2.45, 2.75) is 13.0 Å². The molecule has 7 rings (SSSR count). The second kappa shape index (κ2) is 7.46. The van der Waals surface area contributed by atoms with Crippen LogP contribution in [0.4, 0.5) is 0 Å². The first-order valence-electron chi connectivity index (χ1n) is 10.8. The Morgan fingerprint density at radius 1 is 0.969 bits per heavy atom.